The predicted molar refractivity (Wildman–Crippen MR) is 72.7 cm³/mol. The maximum atomic E-state index is 8.66. The monoisotopic (exact) mass is 247 g/mol. The van der Waals surface area contributed by atoms with Crippen LogP contribution in [-0.2, 0) is 6.54 Å². The van der Waals surface area contributed by atoms with E-state index in [-0.39, 0.29) is 5.84 Å². The zero-order valence-corrected chi connectivity index (χ0v) is 10.6. The van der Waals surface area contributed by atoms with Gasteiger partial charge in [-0.25, -0.2) is 0 Å². The molecule has 1 saturated carbocycles. The lowest BCUT2D eigenvalue weighted by Crippen LogP contribution is -2.30. The highest BCUT2D eigenvalue weighted by Gasteiger charge is 2.12. The minimum Gasteiger partial charge on any atom is -0.409 e. The van der Waals surface area contributed by atoms with Crippen LogP contribution in [0.4, 0.5) is 0 Å². The molecule has 4 N–H and O–H groups in total. The van der Waals surface area contributed by atoms with Crippen LogP contribution in [0.15, 0.2) is 29.4 Å². The third-order valence-electron chi connectivity index (χ3n) is 3.53. The second-order valence-corrected chi connectivity index (χ2v) is 4.90. The summed E-state index contributed by atoms with van der Waals surface area (Å²) in [7, 11) is 0. The molecule has 0 atom stereocenters. The van der Waals surface area contributed by atoms with Crippen LogP contribution >= 0.6 is 0 Å². The average Bonchev–Trinajstić information content (AvgIpc) is 2.45. The second-order valence-electron chi connectivity index (χ2n) is 4.90. The van der Waals surface area contributed by atoms with Crippen molar-refractivity contribution < 1.29 is 5.21 Å². The summed E-state index contributed by atoms with van der Waals surface area (Å²) < 4.78 is 0. The fourth-order valence-electron chi connectivity index (χ4n) is 2.47. The smallest absolute Gasteiger partial charge is 0.170 e. The molecule has 0 saturated heterocycles. The lowest BCUT2D eigenvalue weighted by Gasteiger charge is -2.22. The van der Waals surface area contributed by atoms with Gasteiger partial charge in [-0.1, -0.05) is 42.6 Å². The summed E-state index contributed by atoms with van der Waals surface area (Å²) in [5, 5.41) is 15.3. The third-order valence-corrected chi connectivity index (χ3v) is 3.53. The first-order valence-corrected chi connectivity index (χ1v) is 6.60. The van der Waals surface area contributed by atoms with Crippen LogP contribution in [0.3, 0.4) is 0 Å². The summed E-state index contributed by atoms with van der Waals surface area (Å²) in [5.74, 6) is 0.162. The minimum atomic E-state index is 0.162. The van der Waals surface area contributed by atoms with Crippen molar-refractivity contribution in [2.24, 2.45) is 10.9 Å². The Bertz CT molecular complexity index is 411. The van der Waals surface area contributed by atoms with E-state index in [4.69, 9.17) is 10.9 Å². The summed E-state index contributed by atoms with van der Waals surface area (Å²) in [4.78, 5) is 0. The fraction of sp³-hybridized carbons (Fsp3) is 0.500. The van der Waals surface area contributed by atoms with E-state index in [9.17, 15) is 0 Å². The molecule has 1 aliphatic carbocycles. The zero-order chi connectivity index (χ0) is 12.8. The van der Waals surface area contributed by atoms with Gasteiger partial charge in [0.25, 0.3) is 0 Å². The number of nitrogens with one attached hydrogen (secondary N) is 1. The molecule has 0 bridgehead atoms. The first-order valence-electron chi connectivity index (χ1n) is 6.60. The molecule has 1 aromatic carbocycles. The van der Waals surface area contributed by atoms with Crippen molar-refractivity contribution in [1.82, 2.24) is 5.32 Å². The topological polar surface area (TPSA) is 70.6 Å². The van der Waals surface area contributed by atoms with Gasteiger partial charge < -0.3 is 16.3 Å². The summed E-state index contributed by atoms with van der Waals surface area (Å²) in [6.07, 6.45) is 6.60. The molecule has 1 aliphatic rings. The SMILES string of the molecule is NC(=NO)c1cccc(CNC2CCCCC2)c1. The highest BCUT2D eigenvalue weighted by atomic mass is 16.4. The fourth-order valence-corrected chi connectivity index (χ4v) is 2.47. The highest BCUT2D eigenvalue weighted by Crippen LogP contribution is 2.17. The van der Waals surface area contributed by atoms with E-state index in [1.165, 1.54) is 37.7 Å². The van der Waals surface area contributed by atoms with Crippen molar-refractivity contribution in [2.75, 3.05) is 0 Å². The van der Waals surface area contributed by atoms with E-state index in [2.05, 4.69) is 16.5 Å². The van der Waals surface area contributed by atoms with Crippen LogP contribution in [0.1, 0.15) is 43.2 Å². The van der Waals surface area contributed by atoms with Crippen LogP contribution in [0.5, 0.6) is 0 Å². The summed E-state index contributed by atoms with van der Waals surface area (Å²) >= 11 is 0. The Morgan fingerprint density at radius 2 is 2.11 bits per heavy atom. The molecule has 0 amide bonds. The number of benzene rings is 1. The number of nitrogens with two attached hydrogens (primary N) is 1. The number of amidine groups is 1. The van der Waals surface area contributed by atoms with Crippen LogP contribution in [-0.4, -0.2) is 17.1 Å². The van der Waals surface area contributed by atoms with Crippen LogP contribution in [0.25, 0.3) is 0 Å². The molecule has 1 fully saturated rings. The molecular weight excluding hydrogens is 226 g/mol. The van der Waals surface area contributed by atoms with Crippen molar-refractivity contribution in [1.29, 1.82) is 0 Å². The van der Waals surface area contributed by atoms with Gasteiger partial charge in [0.15, 0.2) is 5.84 Å². The second kappa shape index (κ2) is 6.40. The first kappa shape index (κ1) is 12.9. The molecule has 4 heteroatoms. The predicted octanol–water partition coefficient (Wildman–Crippen LogP) is 2.20. The van der Waals surface area contributed by atoms with Crippen LogP contribution < -0.4 is 11.1 Å². The molecule has 0 aliphatic heterocycles. The Labute approximate surface area is 108 Å². The molecule has 4 nitrogen and oxygen atoms in total. The van der Waals surface area contributed by atoms with Gasteiger partial charge in [-0.3, -0.25) is 0 Å². The quantitative estimate of drug-likeness (QED) is 0.330. The molecule has 0 spiro atoms. The van der Waals surface area contributed by atoms with E-state index in [0.717, 1.165) is 12.1 Å². The lowest BCUT2D eigenvalue weighted by molar-refractivity contribution is 0.318. The molecule has 2 rings (SSSR count). The summed E-state index contributed by atoms with van der Waals surface area (Å²) in [6, 6.07) is 8.45. The molecule has 0 heterocycles. The highest BCUT2D eigenvalue weighted by molar-refractivity contribution is 5.97. The molecule has 18 heavy (non-hydrogen) atoms. The number of hydrogen-bond acceptors (Lipinski definition) is 3. The van der Waals surface area contributed by atoms with Crippen molar-refractivity contribution in [3.8, 4) is 0 Å². The standard InChI is InChI=1S/C14H21N3O/c15-14(17-18)12-6-4-5-11(9-12)10-16-13-7-2-1-3-8-13/h4-6,9,13,16,18H,1-3,7-8,10H2,(H2,15,17). The zero-order valence-electron chi connectivity index (χ0n) is 10.6. The number of hydrogen-bond donors (Lipinski definition) is 3. The maximum absolute atomic E-state index is 8.66. The Morgan fingerprint density at radius 3 is 2.83 bits per heavy atom. The molecule has 1 aromatic rings. The van der Waals surface area contributed by atoms with Gasteiger partial charge in [-0.05, 0) is 24.5 Å². The van der Waals surface area contributed by atoms with Crippen LogP contribution in [0, 0.1) is 0 Å². The van der Waals surface area contributed by atoms with Crippen molar-refractivity contribution in [2.45, 2.75) is 44.7 Å². The Kier molecular flexibility index (Phi) is 4.59. The van der Waals surface area contributed by atoms with Gasteiger partial charge in [0.1, 0.15) is 0 Å². The average molecular weight is 247 g/mol. The Balaban J connectivity index is 1.92. The molecule has 0 unspecified atom stereocenters. The third kappa shape index (κ3) is 3.47. The lowest BCUT2D eigenvalue weighted by atomic mass is 9.95. The largest absolute Gasteiger partial charge is 0.409 e. The van der Waals surface area contributed by atoms with Crippen LogP contribution in [0.2, 0.25) is 0 Å². The van der Waals surface area contributed by atoms with Gasteiger partial charge in [-0.2, -0.15) is 0 Å². The van der Waals surface area contributed by atoms with Gasteiger partial charge in [0.05, 0.1) is 0 Å². The van der Waals surface area contributed by atoms with Gasteiger partial charge >= 0.3 is 0 Å². The number of rotatable bonds is 4. The first-order chi connectivity index (χ1) is 8.79. The van der Waals surface area contributed by atoms with Gasteiger partial charge in [-0.15, -0.1) is 0 Å². The van der Waals surface area contributed by atoms with Crippen molar-refractivity contribution in [3.05, 3.63) is 35.4 Å². The van der Waals surface area contributed by atoms with Crippen molar-refractivity contribution in [3.63, 3.8) is 0 Å². The molecule has 0 radical (unpaired) electrons. The summed E-state index contributed by atoms with van der Waals surface area (Å²) in [6.45, 7) is 0.844. The Hall–Kier alpha value is -1.55. The summed E-state index contributed by atoms with van der Waals surface area (Å²) in [5.41, 5.74) is 7.52. The minimum absolute atomic E-state index is 0.162. The van der Waals surface area contributed by atoms with E-state index < -0.39 is 0 Å². The Morgan fingerprint density at radius 1 is 1.33 bits per heavy atom. The van der Waals surface area contributed by atoms with Gasteiger partial charge in [0, 0.05) is 18.2 Å². The normalized spacial score (nSPS) is 17.9. The maximum Gasteiger partial charge on any atom is 0.170 e. The van der Waals surface area contributed by atoms with Gasteiger partial charge in [0.2, 0.25) is 0 Å². The van der Waals surface area contributed by atoms with E-state index >= 15 is 0 Å². The molecule has 98 valence electrons. The van der Waals surface area contributed by atoms with E-state index in [1.807, 2.05) is 18.2 Å². The molecular formula is C14H21N3O. The number of oxime groups is 1. The molecule has 0 aromatic heterocycles. The van der Waals surface area contributed by atoms with Crippen molar-refractivity contribution >= 4 is 5.84 Å². The van der Waals surface area contributed by atoms with E-state index in [1.54, 1.807) is 0 Å². The van der Waals surface area contributed by atoms with E-state index in [0.29, 0.717) is 6.04 Å². The number of nitrogens with zero attached hydrogens (tertiary/aromatic N) is 1.